The third-order valence-electron chi connectivity index (χ3n) is 2.94. The second-order valence-corrected chi connectivity index (χ2v) is 7.01. The smallest absolute Gasteiger partial charge is 0.166 e. The number of aliphatic imine (C=N–C) groups is 1. The Morgan fingerprint density at radius 1 is 1.39 bits per heavy atom. The number of nitrogens with two attached hydrogens (primary N) is 1. The molecular weight excluding hydrogens is 255 g/mol. The van der Waals surface area contributed by atoms with E-state index in [9.17, 15) is 12.8 Å². The van der Waals surface area contributed by atoms with E-state index in [1.807, 2.05) is 0 Å². The first-order chi connectivity index (χ1) is 8.22. The zero-order valence-electron chi connectivity index (χ0n) is 10.6. The number of amidine groups is 1. The van der Waals surface area contributed by atoms with Crippen molar-refractivity contribution in [2.45, 2.75) is 24.3 Å². The lowest BCUT2D eigenvalue weighted by Crippen LogP contribution is -2.46. The van der Waals surface area contributed by atoms with Crippen molar-refractivity contribution in [2.75, 3.05) is 7.05 Å². The normalized spacial score (nSPS) is 13.7. The minimum atomic E-state index is -3.64. The van der Waals surface area contributed by atoms with E-state index in [-0.39, 0.29) is 11.4 Å². The number of hydrogen-bond acceptors (Lipinski definition) is 3. The number of benzene rings is 1. The summed E-state index contributed by atoms with van der Waals surface area (Å²) >= 11 is 0. The van der Waals surface area contributed by atoms with Gasteiger partial charge in [0.25, 0.3) is 0 Å². The molecule has 0 amide bonds. The van der Waals surface area contributed by atoms with E-state index in [0.29, 0.717) is 0 Å². The molecule has 100 valence electrons. The van der Waals surface area contributed by atoms with Crippen LogP contribution in [0.3, 0.4) is 0 Å². The van der Waals surface area contributed by atoms with Crippen molar-refractivity contribution in [1.82, 2.24) is 0 Å². The van der Waals surface area contributed by atoms with Gasteiger partial charge in [-0.15, -0.1) is 0 Å². The van der Waals surface area contributed by atoms with Crippen LogP contribution in [0.25, 0.3) is 0 Å². The fourth-order valence-electron chi connectivity index (χ4n) is 1.43. The number of rotatable bonds is 4. The summed E-state index contributed by atoms with van der Waals surface area (Å²) in [6, 6.07) is 5.79. The number of nitrogens with zero attached hydrogens (tertiary/aromatic N) is 1. The molecule has 1 aromatic carbocycles. The van der Waals surface area contributed by atoms with Gasteiger partial charge in [0.05, 0.1) is 5.75 Å². The minimum absolute atomic E-state index is 0.0128. The van der Waals surface area contributed by atoms with Gasteiger partial charge < -0.3 is 5.73 Å². The minimum Gasteiger partial charge on any atom is -0.386 e. The SMILES string of the molecule is CN=C(N)C(C)(C)S(=O)(=O)Cc1ccccc1F. The third kappa shape index (κ3) is 2.69. The summed E-state index contributed by atoms with van der Waals surface area (Å²) in [5.41, 5.74) is 5.74. The van der Waals surface area contributed by atoms with Gasteiger partial charge in [-0.1, -0.05) is 18.2 Å². The maximum Gasteiger partial charge on any atom is 0.166 e. The molecular formula is C12H17FN2O2S. The van der Waals surface area contributed by atoms with E-state index in [1.165, 1.54) is 39.1 Å². The third-order valence-corrected chi connectivity index (χ3v) is 5.39. The first-order valence-corrected chi connectivity index (χ1v) is 7.06. The van der Waals surface area contributed by atoms with Crippen LogP contribution in [0.2, 0.25) is 0 Å². The van der Waals surface area contributed by atoms with Gasteiger partial charge in [0.1, 0.15) is 16.4 Å². The van der Waals surface area contributed by atoms with Crippen LogP contribution in [0, 0.1) is 5.82 Å². The van der Waals surface area contributed by atoms with Crippen LogP contribution in [-0.4, -0.2) is 26.0 Å². The largest absolute Gasteiger partial charge is 0.386 e. The second kappa shape index (κ2) is 5.06. The van der Waals surface area contributed by atoms with Crippen LogP contribution in [0.15, 0.2) is 29.3 Å². The summed E-state index contributed by atoms with van der Waals surface area (Å²) in [5.74, 6) is -0.925. The zero-order valence-corrected chi connectivity index (χ0v) is 11.5. The quantitative estimate of drug-likeness (QED) is 0.667. The van der Waals surface area contributed by atoms with Crippen molar-refractivity contribution in [3.8, 4) is 0 Å². The standard InChI is InChI=1S/C12H17FN2O2S/c1-12(2,11(14)15-3)18(16,17)8-9-6-4-5-7-10(9)13/h4-7H,8H2,1-3H3,(H2,14,15). The van der Waals surface area contributed by atoms with Crippen molar-refractivity contribution in [1.29, 1.82) is 0 Å². The molecule has 2 N–H and O–H groups in total. The summed E-state index contributed by atoms with van der Waals surface area (Å²) in [4.78, 5) is 3.71. The van der Waals surface area contributed by atoms with Crippen molar-refractivity contribution >= 4 is 15.7 Å². The lowest BCUT2D eigenvalue weighted by atomic mass is 10.2. The van der Waals surface area contributed by atoms with E-state index in [2.05, 4.69) is 4.99 Å². The molecule has 18 heavy (non-hydrogen) atoms. The van der Waals surface area contributed by atoms with Crippen molar-refractivity contribution in [3.63, 3.8) is 0 Å². The Kier molecular flexibility index (Phi) is 4.11. The Hall–Kier alpha value is -1.43. The maximum absolute atomic E-state index is 13.5. The first kappa shape index (κ1) is 14.6. The maximum atomic E-state index is 13.5. The van der Waals surface area contributed by atoms with Gasteiger partial charge in [0.15, 0.2) is 9.84 Å². The molecule has 0 saturated heterocycles. The first-order valence-electron chi connectivity index (χ1n) is 5.41. The van der Waals surface area contributed by atoms with Crippen LogP contribution in [0.5, 0.6) is 0 Å². The molecule has 0 saturated carbocycles. The Morgan fingerprint density at radius 2 is 1.94 bits per heavy atom. The zero-order chi connectivity index (χ0) is 14.0. The van der Waals surface area contributed by atoms with Crippen molar-refractivity contribution in [2.24, 2.45) is 10.7 Å². The molecule has 6 heteroatoms. The van der Waals surface area contributed by atoms with Gasteiger partial charge in [-0.05, 0) is 19.9 Å². The lowest BCUT2D eigenvalue weighted by molar-refractivity contribution is 0.570. The monoisotopic (exact) mass is 272 g/mol. The summed E-state index contributed by atoms with van der Waals surface area (Å²) in [7, 11) is -2.22. The van der Waals surface area contributed by atoms with E-state index in [4.69, 9.17) is 5.73 Å². The molecule has 0 aromatic heterocycles. The molecule has 0 heterocycles. The topological polar surface area (TPSA) is 72.5 Å². The Bertz CT molecular complexity index is 565. The number of hydrogen-bond donors (Lipinski definition) is 1. The average Bonchev–Trinajstić information content (AvgIpc) is 2.30. The fraction of sp³-hybridized carbons (Fsp3) is 0.417. The van der Waals surface area contributed by atoms with Gasteiger partial charge in [-0.25, -0.2) is 12.8 Å². The Morgan fingerprint density at radius 3 is 2.44 bits per heavy atom. The Balaban J connectivity index is 3.15. The molecule has 4 nitrogen and oxygen atoms in total. The molecule has 0 fully saturated rings. The van der Waals surface area contributed by atoms with E-state index in [1.54, 1.807) is 6.07 Å². The summed E-state index contributed by atoms with van der Waals surface area (Å²) in [6.45, 7) is 2.93. The molecule has 0 aliphatic heterocycles. The molecule has 0 aliphatic carbocycles. The summed E-state index contributed by atoms with van der Waals surface area (Å²) in [5, 5.41) is 0. The van der Waals surface area contributed by atoms with Crippen LogP contribution >= 0.6 is 0 Å². The van der Waals surface area contributed by atoms with Gasteiger partial charge >= 0.3 is 0 Å². The molecule has 0 atom stereocenters. The Labute approximate surface area is 107 Å². The van der Waals surface area contributed by atoms with Crippen LogP contribution in [0.4, 0.5) is 4.39 Å². The molecule has 1 rings (SSSR count). The number of halogens is 1. The average molecular weight is 272 g/mol. The van der Waals surface area contributed by atoms with Crippen LogP contribution < -0.4 is 5.73 Å². The van der Waals surface area contributed by atoms with Crippen LogP contribution in [0.1, 0.15) is 19.4 Å². The van der Waals surface area contributed by atoms with Gasteiger partial charge in [0.2, 0.25) is 0 Å². The molecule has 0 spiro atoms. The second-order valence-electron chi connectivity index (χ2n) is 4.47. The highest BCUT2D eigenvalue weighted by Gasteiger charge is 2.38. The van der Waals surface area contributed by atoms with Crippen molar-refractivity contribution in [3.05, 3.63) is 35.6 Å². The number of sulfone groups is 1. The summed E-state index contributed by atoms with van der Waals surface area (Å²) in [6.07, 6.45) is 0. The molecule has 0 radical (unpaired) electrons. The highest BCUT2D eigenvalue weighted by molar-refractivity contribution is 7.92. The van der Waals surface area contributed by atoms with E-state index < -0.39 is 26.2 Å². The molecule has 1 aromatic rings. The molecule has 0 bridgehead atoms. The molecule has 0 unspecified atom stereocenters. The highest BCUT2D eigenvalue weighted by Crippen LogP contribution is 2.22. The fourth-order valence-corrected chi connectivity index (χ4v) is 2.84. The van der Waals surface area contributed by atoms with Crippen LogP contribution in [-0.2, 0) is 15.6 Å². The predicted octanol–water partition coefficient (Wildman–Crippen LogP) is 1.51. The molecule has 0 aliphatic rings. The predicted molar refractivity (Wildman–Crippen MR) is 70.6 cm³/mol. The van der Waals surface area contributed by atoms with Gasteiger partial charge in [-0.3, -0.25) is 4.99 Å². The van der Waals surface area contributed by atoms with Gasteiger partial charge in [0, 0.05) is 12.6 Å². The van der Waals surface area contributed by atoms with E-state index in [0.717, 1.165) is 0 Å². The highest BCUT2D eigenvalue weighted by atomic mass is 32.2. The van der Waals surface area contributed by atoms with E-state index >= 15 is 0 Å². The van der Waals surface area contributed by atoms with Gasteiger partial charge in [-0.2, -0.15) is 0 Å². The lowest BCUT2D eigenvalue weighted by Gasteiger charge is -2.24. The van der Waals surface area contributed by atoms with Crippen molar-refractivity contribution < 1.29 is 12.8 Å². The summed E-state index contributed by atoms with van der Waals surface area (Å²) < 4.78 is 36.6.